The van der Waals surface area contributed by atoms with Gasteiger partial charge in [-0.1, -0.05) is 12.1 Å². The van der Waals surface area contributed by atoms with Gasteiger partial charge in [0.1, 0.15) is 0 Å². The van der Waals surface area contributed by atoms with Gasteiger partial charge in [-0.15, -0.1) is 0 Å². The molecule has 0 bridgehead atoms. The van der Waals surface area contributed by atoms with Crippen LogP contribution in [0.2, 0.25) is 0 Å². The van der Waals surface area contributed by atoms with Gasteiger partial charge < -0.3 is 0 Å². The first-order valence-electron chi connectivity index (χ1n) is 1.73. The van der Waals surface area contributed by atoms with Gasteiger partial charge in [-0.3, -0.25) is 0 Å². The minimum absolute atomic E-state index is 0.770. The summed E-state index contributed by atoms with van der Waals surface area (Å²) in [4.78, 5) is 10.0. The zero-order valence-electron chi connectivity index (χ0n) is 4.03. The van der Waals surface area contributed by atoms with Crippen LogP contribution in [0.1, 0.15) is 0 Å². The van der Waals surface area contributed by atoms with E-state index in [9.17, 15) is 9.36 Å². The summed E-state index contributed by atoms with van der Waals surface area (Å²) in [6.07, 6.45) is 0.889. The van der Waals surface area contributed by atoms with Crippen molar-refractivity contribution < 1.29 is 13.9 Å². The molecule has 4 nitrogen and oxygen atoms in total. The Kier molecular flexibility index (Phi) is 2.99. The van der Waals surface area contributed by atoms with Crippen molar-refractivity contribution in [1.82, 2.24) is 0 Å². The number of hydrogen-bond donors (Lipinski definition) is 1. The van der Waals surface area contributed by atoms with Crippen molar-refractivity contribution in [3.8, 4) is 0 Å². The Labute approximate surface area is 47.2 Å². The lowest BCUT2D eigenvalue weighted by molar-refractivity contribution is -0.128. The molecule has 1 atom stereocenters. The van der Waals surface area contributed by atoms with E-state index in [1.807, 2.05) is 0 Å². The number of hydrogen-bond acceptors (Lipinski definition) is 3. The molecule has 0 aromatic carbocycles. The minimum Gasteiger partial charge on any atom is -0.241 e. The van der Waals surface area contributed by atoms with Crippen LogP contribution < -0.4 is 5.50 Å². The molecule has 0 spiro atoms. The van der Waals surface area contributed by atoms with E-state index in [4.69, 9.17) is 0 Å². The summed E-state index contributed by atoms with van der Waals surface area (Å²) in [5, 5.41) is 0. The average molecular weight is 134 g/mol. The molecule has 0 radical (unpaired) electrons. The predicted molar refractivity (Wildman–Crippen MR) is 28.1 cm³/mol. The van der Waals surface area contributed by atoms with E-state index < -0.39 is 14.1 Å². The maximum absolute atomic E-state index is 10.0. The summed E-state index contributed by atoms with van der Waals surface area (Å²) >= 11 is 0. The lowest BCUT2D eigenvalue weighted by Gasteiger charge is -1.74. The smallest absolute Gasteiger partial charge is 0.241 e. The fourth-order valence-corrected chi connectivity index (χ4v) is 0.378. The topological polar surface area (TPSA) is 69.4 Å². The van der Waals surface area contributed by atoms with Crippen molar-refractivity contribution in [1.29, 1.82) is 0 Å². The minimum atomic E-state index is -2.32. The van der Waals surface area contributed by atoms with Crippen molar-refractivity contribution in [3.63, 3.8) is 0 Å². The quantitative estimate of drug-likeness (QED) is 0.436. The molecule has 2 N–H and O–H groups in total. The first-order valence-corrected chi connectivity index (χ1v) is 2.98. The Hall–Kier alpha value is -0.730. The highest BCUT2D eigenvalue weighted by Crippen LogP contribution is 2.08. The zero-order valence-corrected chi connectivity index (χ0v) is 4.93. The van der Waals surface area contributed by atoms with Gasteiger partial charge in [0.2, 0.25) is 0 Å². The second-order valence-corrected chi connectivity index (χ2v) is 1.65. The van der Waals surface area contributed by atoms with Crippen LogP contribution in [0, 0.1) is 0 Å². The van der Waals surface area contributed by atoms with Gasteiger partial charge in [-0.25, -0.2) is 4.79 Å². The highest BCUT2D eigenvalue weighted by Gasteiger charge is 2.12. The van der Waals surface area contributed by atoms with Crippen LogP contribution in [0.15, 0.2) is 12.7 Å². The van der Waals surface area contributed by atoms with Gasteiger partial charge in [-0.2, -0.15) is 4.52 Å². The van der Waals surface area contributed by atoms with E-state index in [0.29, 0.717) is 0 Å². The van der Waals surface area contributed by atoms with E-state index in [2.05, 4.69) is 16.6 Å². The Bertz CT molecular complexity index is 132. The van der Waals surface area contributed by atoms with Crippen LogP contribution in [0.5, 0.6) is 0 Å². The Morgan fingerprint density at radius 2 is 2.38 bits per heavy atom. The van der Waals surface area contributed by atoms with Crippen molar-refractivity contribution in [2.45, 2.75) is 0 Å². The van der Waals surface area contributed by atoms with Crippen molar-refractivity contribution in [2.24, 2.45) is 5.50 Å². The van der Waals surface area contributed by atoms with Crippen LogP contribution in [0.4, 0.5) is 0 Å². The van der Waals surface area contributed by atoms with E-state index in [1.165, 1.54) is 0 Å². The van der Waals surface area contributed by atoms with Gasteiger partial charge in [0.05, 0.1) is 0 Å². The Morgan fingerprint density at radius 1 is 1.88 bits per heavy atom. The summed E-state index contributed by atoms with van der Waals surface area (Å²) < 4.78 is 13.8. The van der Waals surface area contributed by atoms with Crippen LogP contribution >= 0.6 is 8.18 Å². The molecule has 0 aromatic rings. The fraction of sp³-hybridized carbons (Fsp3) is 0. The molecule has 1 unspecified atom stereocenters. The Morgan fingerprint density at radius 3 is 2.50 bits per heavy atom. The predicted octanol–water partition coefficient (Wildman–Crippen LogP) is 0.332. The molecule has 0 fully saturated rings. The lowest BCUT2D eigenvalue weighted by Crippen LogP contribution is -1.94. The lowest BCUT2D eigenvalue weighted by atomic mass is 10.7. The standard InChI is InChI=1S/C3H5NO3P/c1-2-3(5)7-8(4)6/h2H,1H2,(H2,4,6)/q+1. The average Bonchev–Trinajstić information content (AvgIpc) is 1.65. The largest absolute Gasteiger partial charge is 0.664 e. The normalized spacial score (nSPS) is 9.88. The first-order chi connectivity index (χ1) is 3.66. The van der Waals surface area contributed by atoms with E-state index >= 15 is 0 Å². The molecular weight excluding hydrogens is 129 g/mol. The number of rotatable bonds is 2. The SMILES string of the molecule is C=CC(=O)O[P+](N)=O. The molecule has 8 heavy (non-hydrogen) atoms. The van der Waals surface area contributed by atoms with Crippen molar-refractivity contribution in [2.75, 3.05) is 0 Å². The molecule has 0 saturated heterocycles. The molecule has 5 heteroatoms. The van der Waals surface area contributed by atoms with Crippen LogP contribution in [0.3, 0.4) is 0 Å². The highest BCUT2D eigenvalue weighted by molar-refractivity contribution is 7.36. The second-order valence-electron chi connectivity index (χ2n) is 0.900. The summed E-state index contributed by atoms with van der Waals surface area (Å²) in [5.74, 6) is -0.770. The summed E-state index contributed by atoms with van der Waals surface area (Å²) in [7, 11) is -2.32. The maximum atomic E-state index is 10.0. The molecule has 0 amide bonds. The van der Waals surface area contributed by atoms with Crippen LogP contribution in [-0.2, 0) is 13.9 Å². The van der Waals surface area contributed by atoms with Crippen LogP contribution in [0.25, 0.3) is 0 Å². The summed E-state index contributed by atoms with van der Waals surface area (Å²) in [5.41, 5.74) is 4.59. The fourth-order valence-electron chi connectivity index (χ4n) is 0.126. The maximum Gasteiger partial charge on any atom is 0.664 e. The zero-order chi connectivity index (χ0) is 6.57. The van der Waals surface area contributed by atoms with Crippen LogP contribution in [-0.4, -0.2) is 5.97 Å². The number of carbonyl (C=O) groups excluding carboxylic acids is 1. The molecule has 0 saturated carbocycles. The van der Waals surface area contributed by atoms with E-state index in [1.54, 1.807) is 0 Å². The molecular formula is C3H5NO3P+. The Balaban J connectivity index is 3.55. The third-order valence-electron chi connectivity index (χ3n) is 0.347. The third kappa shape index (κ3) is 3.46. The molecule has 0 aliphatic heterocycles. The first kappa shape index (κ1) is 7.27. The molecule has 0 aromatic heterocycles. The summed E-state index contributed by atoms with van der Waals surface area (Å²) in [6.45, 7) is 3.06. The second kappa shape index (κ2) is 3.29. The monoisotopic (exact) mass is 134 g/mol. The molecule has 44 valence electrons. The van der Waals surface area contributed by atoms with Gasteiger partial charge in [0.25, 0.3) is 0 Å². The third-order valence-corrected chi connectivity index (χ3v) is 0.707. The van der Waals surface area contributed by atoms with Gasteiger partial charge in [0.15, 0.2) is 0 Å². The van der Waals surface area contributed by atoms with Gasteiger partial charge >= 0.3 is 14.1 Å². The molecule has 0 aliphatic carbocycles. The highest BCUT2D eigenvalue weighted by atomic mass is 31.1. The number of nitrogens with two attached hydrogens (primary N) is 1. The van der Waals surface area contributed by atoms with Gasteiger partial charge in [0, 0.05) is 10.6 Å². The molecule has 0 heterocycles. The molecule has 0 aliphatic rings. The number of carbonyl (C=O) groups is 1. The molecule has 0 rings (SSSR count). The van der Waals surface area contributed by atoms with E-state index in [0.717, 1.165) is 6.08 Å². The van der Waals surface area contributed by atoms with Crippen molar-refractivity contribution in [3.05, 3.63) is 12.7 Å². The van der Waals surface area contributed by atoms with Gasteiger partial charge in [-0.05, 0) is 0 Å². The van der Waals surface area contributed by atoms with E-state index in [-0.39, 0.29) is 0 Å². The summed E-state index contributed by atoms with van der Waals surface area (Å²) in [6, 6.07) is 0. The van der Waals surface area contributed by atoms with Crippen molar-refractivity contribution >= 4 is 14.1 Å².